The highest BCUT2D eigenvalue weighted by Crippen LogP contribution is 2.18. The lowest BCUT2D eigenvalue weighted by Gasteiger charge is -2.17. The predicted molar refractivity (Wildman–Crippen MR) is 111 cm³/mol. The Hall–Kier alpha value is -2.24. The SMILES string of the molecule is CCN(CC)CC[n+]1c(N)n(CCOc2ccc(Cl)cc2)c2ccccc21. The van der Waals surface area contributed by atoms with Crippen LogP contribution in [0.25, 0.3) is 11.0 Å². The first-order valence-electron chi connectivity index (χ1n) is 9.51. The molecule has 1 aromatic heterocycles. The molecule has 0 bridgehead atoms. The Labute approximate surface area is 165 Å². The number of benzene rings is 2. The van der Waals surface area contributed by atoms with Gasteiger partial charge in [-0.15, -0.1) is 0 Å². The molecular weight excluding hydrogens is 360 g/mol. The molecule has 3 aromatic rings. The molecule has 0 spiro atoms. The van der Waals surface area contributed by atoms with E-state index in [0.29, 0.717) is 18.2 Å². The number of fused-ring (bicyclic) bond motifs is 1. The lowest BCUT2D eigenvalue weighted by molar-refractivity contribution is -0.657. The van der Waals surface area contributed by atoms with Crippen molar-refractivity contribution < 1.29 is 9.30 Å². The van der Waals surface area contributed by atoms with Crippen molar-refractivity contribution in [2.45, 2.75) is 26.9 Å². The number of aromatic nitrogens is 2. The fourth-order valence-electron chi connectivity index (χ4n) is 3.35. The first-order chi connectivity index (χ1) is 13.1. The van der Waals surface area contributed by atoms with Crippen molar-refractivity contribution in [2.75, 3.05) is 32.0 Å². The van der Waals surface area contributed by atoms with Crippen molar-refractivity contribution in [3.63, 3.8) is 0 Å². The number of nitrogens with two attached hydrogens (primary N) is 1. The van der Waals surface area contributed by atoms with Crippen LogP contribution in [0.2, 0.25) is 5.02 Å². The number of nitrogens with zero attached hydrogens (tertiary/aromatic N) is 3. The van der Waals surface area contributed by atoms with Gasteiger partial charge in [-0.2, -0.15) is 0 Å². The van der Waals surface area contributed by atoms with E-state index in [4.69, 9.17) is 22.1 Å². The van der Waals surface area contributed by atoms with Crippen LogP contribution in [0.4, 0.5) is 5.95 Å². The van der Waals surface area contributed by atoms with Gasteiger partial charge in [-0.3, -0.25) is 5.73 Å². The number of rotatable bonds is 9. The van der Waals surface area contributed by atoms with E-state index in [1.54, 1.807) is 0 Å². The summed E-state index contributed by atoms with van der Waals surface area (Å²) in [6, 6.07) is 15.8. The Morgan fingerprint density at radius 3 is 2.48 bits per heavy atom. The molecule has 6 heteroatoms. The number of anilines is 1. The van der Waals surface area contributed by atoms with Crippen LogP contribution in [-0.2, 0) is 13.1 Å². The highest BCUT2D eigenvalue weighted by Gasteiger charge is 2.20. The second-order valence-corrected chi connectivity index (χ2v) is 6.92. The molecule has 0 saturated heterocycles. The predicted octanol–water partition coefficient (Wildman–Crippen LogP) is 3.59. The van der Waals surface area contributed by atoms with E-state index in [2.05, 4.69) is 46.1 Å². The molecule has 0 aliphatic carbocycles. The van der Waals surface area contributed by atoms with Crippen LogP contribution in [-0.4, -0.2) is 35.7 Å². The average Bonchev–Trinajstić information content (AvgIpc) is 2.96. The Morgan fingerprint density at radius 2 is 1.78 bits per heavy atom. The van der Waals surface area contributed by atoms with Crippen LogP contribution in [0.3, 0.4) is 0 Å². The molecule has 0 saturated carbocycles. The Bertz CT molecular complexity index is 872. The number of hydrogen-bond acceptors (Lipinski definition) is 3. The topological polar surface area (TPSA) is 47.3 Å². The highest BCUT2D eigenvalue weighted by atomic mass is 35.5. The van der Waals surface area contributed by atoms with E-state index < -0.39 is 0 Å². The van der Waals surface area contributed by atoms with Crippen molar-refractivity contribution in [1.29, 1.82) is 0 Å². The van der Waals surface area contributed by atoms with E-state index in [0.717, 1.165) is 48.9 Å². The second-order valence-electron chi connectivity index (χ2n) is 6.48. The summed E-state index contributed by atoms with van der Waals surface area (Å²) in [5.41, 5.74) is 8.81. The molecular formula is C21H28ClN4O+. The molecule has 27 heavy (non-hydrogen) atoms. The molecule has 2 aromatic carbocycles. The first kappa shape index (κ1) is 19.5. The number of imidazole rings is 1. The second kappa shape index (κ2) is 9.11. The zero-order valence-corrected chi connectivity index (χ0v) is 16.8. The summed E-state index contributed by atoms with van der Waals surface area (Å²) in [6.07, 6.45) is 0. The monoisotopic (exact) mass is 387 g/mol. The molecule has 5 nitrogen and oxygen atoms in total. The summed E-state index contributed by atoms with van der Waals surface area (Å²) in [5.74, 6) is 1.58. The Balaban J connectivity index is 1.76. The van der Waals surface area contributed by atoms with Crippen molar-refractivity contribution in [2.24, 2.45) is 0 Å². The van der Waals surface area contributed by atoms with Gasteiger partial charge in [-0.1, -0.05) is 37.6 Å². The van der Waals surface area contributed by atoms with Crippen LogP contribution in [0, 0.1) is 0 Å². The van der Waals surface area contributed by atoms with Crippen LogP contribution in [0.15, 0.2) is 48.5 Å². The van der Waals surface area contributed by atoms with Crippen LogP contribution in [0.1, 0.15) is 13.8 Å². The zero-order chi connectivity index (χ0) is 19.2. The molecule has 0 atom stereocenters. The van der Waals surface area contributed by atoms with E-state index in [-0.39, 0.29) is 0 Å². The van der Waals surface area contributed by atoms with Gasteiger partial charge in [0.2, 0.25) is 0 Å². The maximum atomic E-state index is 6.52. The van der Waals surface area contributed by atoms with Gasteiger partial charge in [0, 0.05) is 11.6 Å². The standard InChI is InChI=1S/C21H27ClN4O/c1-3-24(4-2)13-14-25-19-7-5-6-8-20(19)26(21(25)23)15-16-27-18-11-9-17(22)10-12-18/h5-12,23H,3-4,13-16H2,1-2H3/p+1. The quantitative estimate of drug-likeness (QED) is 0.571. The Morgan fingerprint density at radius 1 is 1.07 bits per heavy atom. The summed E-state index contributed by atoms with van der Waals surface area (Å²) in [6.45, 7) is 9.56. The maximum Gasteiger partial charge on any atom is 0.356 e. The van der Waals surface area contributed by atoms with E-state index >= 15 is 0 Å². The Kier molecular flexibility index (Phi) is 6.58. The fourth-order valence-corrected chi connectivity index (χ4v) is 3.48. The summed E-state index contributed by atoms with van der Waals surface area (Å²) in [4.78, 5) is 2.40. The zero-order valence-electron chi connectivity index (χ0n) is 16.1. The van der Waals surface area contributed by atoms with Crippen molar-refractivity contribution >= 4 is 28.6 Å². The number of hydrogen-bond donors (Lipinski definition) is 1. The first-order valence-corrected chi connectivity index (χ1v) is 9.89. The molecule has 1 heterocycles. The third kappa shape index (κ3) is 4.54. The average molecular weight is 388 g/mol. The molecule has 3 rings (SSSR count). The minimum atomic E-state index is 0.542. The van der Waals surface area contributed by atoms with Gasteiger partial charge in [-0.05, 0) is 49.5 Å². The lowest BCUT2D eigenvalue weighted by atomic mass is 10.3. The number of para-hydroxylation sites is 2. The normalized spacial score (nSPS) is 11.4. The molecule has 0 fully saturated rings. The van der Waals surface area contributed by atoms with Gasteiger partial charge in [0.25, 0.3) is 0 Å². The van der Waals surface area contributed by atoms with Gasteiger partial charge < -0.3 is 9.64 Å². The van der Waals surface area contributed by atoms with Gasteiger partial charge in [0.1, 0.15) is 29.9 Å². The van der Waals surface area contributed by atoms with Crippen molar-refractivity contribution in [3.8, 4) is 5.75 Å². The van der Waals surface area contributed by atoms with Gasteiger partial charge in [0.05, 0.1) is 6.54 Å². The third-order valence-electron chi connectivity index (χ3n) is 4.95. The molecule has 0 unspecified atom stereocenters. The highest BCUT2D eigenvalue weighted by molar-refractivity contribution is 6.30. The molecule has 144 valence electrons. The molecule has 0 amide bonds. The van der Waals surface area contributed by atoms with Gasteiger partial charge >= 0.3 is 5.95 Å². The van der Waals surface area contributed by atoms with E-state index in [1.807, 2.05) is 30.3 Å². The van der Waals surface area contributed by atoms with E-state index in [1.165, 1.54) is 0 Å². The molecule has 2 N–H and O–H groups in total. The summed E-state index contributed by atoms with van der Waals surface area (Å²) < 4.78 is 10.2. The van der Waals surface area contributed by atoms with Crippen LogP contribution in [0.5, 0.6) is 5.75 Å². The largest absolute Gasteiger partial charge is 0.490 e. The van der Waals surface area contributed by atoms with Crippen molar-refractivity contribution in [3.05, 3.63) is 53.6 Å². The maximum absolute atomic E-state index is 6.52. The number of ether oxygens (including phenoxy) is 1. The fraction of sp³-hybridized carbons (Fsp3) is 0.381. The van der Waals surface area contributed by atoms with Crippen LogP contribution >= 0.6 is 11.6 Å². The van der Waals surface area contributed by atoms with E-state index in [9.17, 15) is 0 Å². The lowest BCUT2D eigenvalue weighted by Crippen LogP contribution is -2.42. The minimum Gasteiger partial charge on any atom is -0.490 e. The number of nitrogen functional groups attached to an aromatic ring is 1. The summed E-state index contributed by atoms with van der Waals surface area (Å²) >= 11 is 5.92. The molecule has 0 aliphatic rings. The molecule has 0 aliphatic heterocycles. The number of halogens is 1. The smallest absolute Gasteiger partial charge is 0.356 e. The van der Waals surface area contributed by atoms with Crippen LogP contribution < -0.4 is 15.0 Å². The minimum absolute atomic E-state index is 0.542. The summed E-state index contributed by atoms with van der Waals surface area (Å²) in [5, 5.41) is 0.706. The summed E-state index contributed by atoms with van der Waals surface area (Å²) in [7, 11) is 0. The molecule has 0 radical (unpaired) electrons. The van der Waals surface area contributed by atoms with Crippen molar-refractivity contribution in [1.82, 2.24) is 9.47 Å². The van der Waals surface area contributed by atoms with Gasteiger partial charge in [0.15, 0.2) is 0 Å². The number of likely N-dealkylation sites (N-methyl/N-ethyl adjacent to an activating group) is 1. The third-order valence-corrected chi connectivity index (χ3v) is 5.20. The van der Waals surface area contributed by atoms with Gasteiger partial charge in [-0.25, -0.2) is 9.13 Å².